The smallest absolute Gasteiger partial charge is 0.0552 e. The van der Waals surface area contributed by atoms with Gasteiger partial charge in [-0.15, -0.1) is 0 Å². The van der Waals surface area contributed by atoms with Crippen molar-refractivity contribution in [1.29, 1.82) is 0 Å². The van der Waals surface area contributed by atoms with Gasteiger partial charge in [0.2, 0.25) is 0 Å². The van der Waals surface area contributed by atoms with Crippen LogP contribution in [-0.2, 0) is 4.74 Å². The quantitative estimate of drug-likeness (QED) is 0.751. The average Bonchev–Trinajstić information content (AvgIpc) is 2.30. The first-order valence-corrected chi connectivity index (χ1v) is 5.98. The minimum Gasteiger partial charge on any atom is -0.379 e. The average molecular weight is 199 g/mol. The Kier molecular flexibility index (Phi) is 4.90. The summed E-state index contributed by atoms with van der Waals surface area (Å²) in [6.07, 6.45) is 5.59. The third-order valence-corrected chi connectivity index (χ3v) is 3.27. The summed E-state index contributed by atoms with van der Waals surface area (Å²) in [5.74, 6) is 0. The number of hydrogen-bond donors (Lipinski definition) is 1. The maximum absolute atomic E-state index is 5.63. The number of hydrogen-bond acceptors (Lipinski definition) is 2. The Morgan fingerprint density at radius 3 is 2.86 bits per heavy atom. The van der Waals surface area contributed by atoms with Crippen LogP contribution in [0.1, 0.15) is 46.5 Å². The van der Waals surface area contributed by atoms with Crippen LogP contribution in [0.5, 0.6) is 0 Å². The van der Waals surface area contributed by atoms with Gasteiger partial charge in [-0.25, -0.2) is 0 Å². The van der Waals surface area contributed by atoms with Crippen LogP contribution in [0, 0.1) is 5.41 Å². The van der Waals surface area contributed by atoms with Crippen molar-refractivity contribution >= 4 is 0 Å². The van der Waals surface area contributed by atoms with Crippen LogP contribution >= 0.6 is 0 Å². The summed E-state index contributed by atoms with van der Waals surface area (Å²) in [6, 6.07) is 0. The summed E-state index contributed by atoms with van der Waals surface area (Å²) in [4.78, 5) is 0. The molecule has 1 N–H and O–H groups in total. The Labute approximate surface area is 88.4 Å². The third kappa shape index (κ3) is 3.97. The van der Waals surface area contributed by atoms with Crippen LogP contribution in [0.15, 0.2) is 0 Å². The highest BCUT2D eigenvalue weighted by Crippen LogP contribution is 2.34. The highest BCUT2D eigenvalue weighted by Gasteiger charge is 2.27. The molecule has 1 saturated heterocycles. The van der Waals surface area contributed by atoms with Gasteiger partial charge in [0.15, 0.2) is 0 Å². The normalized spacial score (nSPS) is 31.1. The van der Waals surface area contributed by atoms with Crippen molar-refractivity contribution in [3.05, 3.63) is 0 Å². The first-order chi connectivity index (χ1) is 6.66. The van der Waals surface area contributed by atoms with Gasteiger partial charge in [-0.2, -0.15) is 0 Å². The van der Waals surface area contributed by atoms with Crippen LogP contribution in [0.2, 0.25) is 0 Å². The molecule has 0 aromatic rings. The van der Waals surface area contributed by atoms with E-state index in [0.717, 1.165) is 6.61 Å². The largest absolute Gasteiger partial charge is 0.379 e. The van der Waals surface area contributed by atoms with Crippen LogP contribution in [0.25, 0.3) is 0 Å². The van der Waals surface area contributed by atoms with Crippen LogP contribution in [0.3, 0.4) is 0 Å². The molecule has 1 heterocycles. The van der Waals surface area contributed by atoms with E-state index in [1.54, 1.807) is 0 Å². The van der Waals surface area contributed by atoms with Gasteiger partial charge < -0.3 is 10.1 Å². The predicted molar refractivity (Wildman–Crippen MR) is 60.5 cm³/mol. The molecule has 2 heteroatoms. The van der Waals surface area contributed by atoms with Gasteiger partial charge >= 0.3 is 0 Å². The Bertz CT molecular complexity index is 150. The lowest BCUT2D eigenvalue weighted by Crippen LogP contribution is -2.25. The monoisotopic (exact) mass is 199 g/mol. The summed E-state index contributed by atoms with van der Waals surface area (Å²) in [5, 5.41) is 3.47. The highest BCUT2D eigenvalue weighted by molar-refractivity contribution is 4.80. The van der Waals surface area contributed by atoms with Crippen LogP contribution in [0.4, 0.5) is 0 Å². The molecule has 14 heavy (non-hydrogen) atoms. The fraction of sp³-hybridized carbons (Fsp3) is 1.00. The molecule has 84 valence electrons. The Balaban J connectivity index is 2.37. The molecule has 1 fully saturated rings. The topological polar surface area (TPSA) is 21.3 Å². The SMILES string of the molecule is CCO[C@@H](C)CC1(C)CCCNCC1. The zero-order chi connectivity index (χ0) is 10.4. The lowest BCUT2D eigenvalue weighted by Gasteiger charge is -2.30. The first-order valence-electron chi connectivity index (χ1n) is 5.98. The zero-order valence-electron chi connectivity index (χ0n) is 9.94. The van der Waals surface area contributed by atoms with Gasteiger partial charge in [0.1, 0.15) is 0 Å². The molecule has 2 nitrogen and oxygen atoms in total. The van der Waals surface area contributed by atoms with Crippen molar-refractivity contribution < 1.29 is 4.74 Å². The van der Waals surface area contributed by atoms with Crippen LogP contribution in [-0.4, -0.2) is 25.8 Å². The maximum Gasteiger partial charge on any atom is 0.0552 e. The van der Waals surface area contributed by atoms with Crippen molar-refractivity contribution in [1.82, 2.24) is 5.32 Å². The van der Waals surface area contributed by atoms with Gasteiger partial charge in [-0.3, -0.25) is 0 Å². The second kappa shape index (κ2) is 5.72. The third-order valence-electron chi connectivity index (χ3n) is 3.27. The summed E-state index contributed by atoms with van der Waals surface area (Å²) >= 11 is 0. The van der Waals surface area contributed by atoms with E-state index in [0.29, 0.717) is 11.5 Å². The molecule has 0 saturated carbocycles. The highest BCUT2D eigenvalue weighted by atomic mass is 16.5. The van der Waals surface area contributed by atoms with Crippen molar-refractivity contribution in [2.45, 2.75) is 52.6 Å². The molecular weight excluding hydrogens is 174 g/mol. The van der Waals surface area contributed by atoms with E-state index in [9.17, 15) is 0 Å². The number of rotatable bonds is 4. The van der Waals surface area contributed by atoms with Gasteiger partial charge in [0, 0.05) is 6.61 Å². The Hall–Kier alpha value is -0.0800. The lowest BCUT2D eigenvalue weighted by molar-refractivity contribution is 0.0352. The minimum atomic E-state index is 0.420. The molecular formula is C12H25NO. The van der Waals surface area contributed by atoms with E-state index in [4.69, 9.17) is 4.74 Å². The maximum atomic E-state index is 5.63. The minimum absolute atomic E-state index is 0.420. The van der Waals surface area contributed by atoms with E-state index >= 15 is 0 Å². The molecule has 0 aromatic heterocycles. The molecule has 1 rings (SSSR count). The summed E-state index contributed by atoms with van der Waals surface area (Å²) < 4.78 is 5.63. The van der Waals surface area contributed by atoms with Gasteiger partial charge in [0.25, 0.3) is 0 Å². The van der Waals surface area contributed by atoms with Gasteiger partial charge in [-0.1, -0.05) is 6.92 Å². The molecule has 0 aliphatic carbocycles. The van der Waals surface area contributed by atoms with Crippen molar-refractivity contribution in [3.63, 3.8) is 0 Å². The molecule has 1 unspecified atom stereocenters. The first kappa shape index (κ1) is 12.0. The van der Waals surface area contributed by atoms with E-state index in [-0.39, 0.29) is 0 Å². The zero-order valence-corrected chi connectivity index (χ0v) is 9.94. The summed E-state index contributed by atoms with van der Waals surface area (Å²) in [7, 11) is 0. The number of ether oxygens (including phenoxy) is 1. The second-order valence-corrected chi connectivity index (χ2v) is 4.88. The second-order valence-electron chi connectivity index (χ2n) is 4.88. The van der Waals surface area contributed by atoms with E-state index in [1.807, 2.05) is 0 Å². The lowest BCUT2D eigenvalue weighted by atomic mass is 9.78. The standard InChI is InChI=1S/C12H25NO/c1-4-14-11(2)10-12(3)6-5-8-13-9-7-12/h11,13H,4-10H2,1-3H3/t11-,12?/m0/s1. The Morgan fingerprint density at radius 1 is 1.36 bits per heavy atom. The van der Waals surface area contributed by atoms with Gasteiger partial charge in [-0.05, 0) is 58.0 Å². The summed E-state index contributed by atoms with van der Waals surface area (Å²) in [5.41, 5.74) is 0.498. The predicted octanol–water partition coefficient (Wildman–Crippen LogP) is 2.58. The van der Waals surface area contributed by atoms with E-state index < -0.39 is 0 Å². The molecule has 0 spiro atoms. The Morgan fingerprint density at radius 2 is 2.14 bits per heavy atom. The molecule has 2 atom stereocenters. The van der Waals surface area contributed by atoms with Crippen LogP contribution < -0.4 is 5.32 Å². The molecule has 1 aliphatic heterocycles. The van der Waals surface area contributed by atoms with Crippen molar-refractivity contribution in [3.8, 4) is 0 Å². The summed E-state index contributed by atoms with van der Waals surface area (Å²) in [6.45, 7) is 9.90. The molecule has 0 radical (unpaired) electrons. The number of nitrogens with one attached hydrogen (secondary N) is 1. The van der Waals surface area contributed by atoms with Crippen molar-refractivity contribution in [2.24, 2.45) is 5.41 Å². The van der Waals surface area contributed by atoms with Gasteiger partial charge in [0.05, 0.1) is 6.10 Å². The van der Waals surface area contributed by atoms with E-state index in [1.165, 1.54) is 38.8 Å². The fourth-order valence-corrected chi connectivity index (χ4v) is 2.52. The molecule has 1 aliphatic rings. The molecule has 0 bridgehead atoms. The molecule has 0 amide bonds. The molecule has 0 aromatic carbocycles. The van der Waals surface area contributed by atoms with Crippen molar-refractivity contribution in [2.75, 3.05) is 19.7 Å². The van der Waals surface area contributed by atoms with E-state index in [2.05, 4.69) is 26.1 Å². The fourth-order valence-electron chi connectivity index (χ4n) is 2.52.